The first kappa shape index (κ1) is 9.43. The Morgan fingerprint density at radius 1 is 1.27 bits per heavy atom. The summed E-state index contributed by atoms with van der Waals surface area (Å²) < 4.78 is 0. The summed E-state index contributed by atoms with van der Waals surface area (Å²) in [5.74, 6) is 2.43. The van der Waals surface area contributed by atoms with E-state index in [9.17, 15) is 10.1 Å². The maximum absolute atomic E-state index is 10.6. The average Bonchev–Trinajstić information content (AvgIpc) is 2.11. The molecule has 4 fully saturated rings. The van der Waals surface area contributed by atoms with Crippen LogP contribution >= 0.6 is 0 Å². The van der Waals surface area contributed by atoms with Gasteiger partial charge < -0.3 is 4.84 Å². The molecule has 0 N–H and O–H groups in total. The SMILES string of the molecule is CC1C2CC3CC(C2)CC1(O[N+](=O)[O-])C3. The number of nitrogens with zero attached hydrogens (tertiary/aromatic N) is 1. The molecule has 3 atom stereocenters. The van der Waals surface area contributed by atoms with Crippen LogP contribution in [0.2, 0.25) is 0 Å². The van der Waals surface area contributed by atoms with Crippen LogP contribution in [0.1, 0.15) is 39.0 Å². The first-order valence-corrected chi connectivity index (χ1v) is 5.92. The second kappa shape index (κ2) is 2.86. The van der Waals surface area contributed by atoms with E-state index in [4.69, 9.17) is 4.84 Å². The van der Waals surface area contributed by atoms with Gasteiger partial charge in [0.15, 0.2) is 0 Å². The minimum atomic E-state index is -0.566. The highest BCUT2D eigenvalue weighted by Gasteiger charge is 2.57. The number of rotatable bonds is 2. The second-order valence-corrected chi connectivity index (χ2v) is 5.78. The van der Waals surface area contributed by atoms with Crippen molar-refractivity contribution in [2.75, 3.05) is 0 Å². The second-order valence-electron chi connectivity index (χ2n) is 5.78. The van der Waals surface area contributed by atoms with Crippen molar-refractivity contribution in [3.63, 3.8) is 0 Å². The van der Waals surface area contributed by atoms with Crippen LogP contribution in [0, 0.1) is 33.8 Å². The smallest absolute Gasteiger partial charge is 0.295 e. The van der Waals surface area contributed by atoms with Gasteiger partial charge in [0.05, 0.1) is 0 Å². The van der Waals surface area contributed by atoms with Crippen molar-refractivity contribution in [1.29, 1.82) is 0 Å². The molecular weight excluding hydrogens is 194 g/mol. The zero-order valence-corrected chi connectivity index (χ0v) is 9.02. The summed E-state index contributed by atoms with van der Waals surface area (Å²) in [5, 5.41) is 10.0. The lowest BCUT2D eigenvalue weighted by Gasteiger charge is -2.58. The third kappa shape index (κ3) is 1.26. The summed E-state index contributed by atoms with van der Waals surface area (Å²) in [4.78, 5) is 15.7. The van der Waals surface area contributed by atoms with Crippen LogP contribution in [0.25, 0.3) is 0 Å². The Morgan fingerprint density at radius 3 is 2.40 bits per heavy atom. The molecule has 0 aromatic heterocycles. The van der Waals surface area contributed by atoms with Crippen LogP contribution < -0.4 is 0 Å². The molecule has 0 aliphatic heterocycles. The first-order valence-electron chi connectivity index (χ1n) is 5.92. The van der Waals surface area contributed by atoms with Gasteiger partial charge >= 0.3 is 0 Å². The average molecular weight is 211 g/mol. The fraction of sp³-hybridized carbons (Fsp3) is 1.00. The Kier molecular flexibility index (Phi) is 1.80. The molecule has 4 aliphatic carbocycles. The molecule has 4 rings (SSSR count). The lowest BCUT2D eigenvalue weighted by atomic mass is 9.50. The van der Waals surface area contributed by atoms with Gasteiger partial charge in [-0.25, -0.2) is 0 Å². The zero-order chi connectivity index (χ0) is 10.6. The number of hydrogen-bond donors (Lipinski definition) is 0. The summed E-state index contributed by atoms with van der Waals surface area (Å²) in [5.41, 5.74) is -0.418. The Bertz CT molecular complexity index is 290. The van der Waals surface area contributed by atoms with Crippen LogP contribution in [0.4, 0.5) is 0 Å². The highest BCUT2D eigenvalue weighted by Crippen LogP contribution is 2.59. The highest BCUT2D eigenvalue weighted by atomic mass is 17.0. The molecule has 4 bridgehead atoms. The van der Waals surface area contributed by atoms with E-state index in [-0.39, 0.29) is 0 Å². The molecule has 4 heteroatoms. The Balaban J connectivity index is 1.90. The summed E-state index contributed by atoms with van der Waals surface area (Å²) in [6.07, 6.45) is 5.68. The van der Waals surface area contributed by atoms with Crippen molar-refractivity contribution in [2.45, 2.75) is 44.6 Å². The van der Waals surface area contributed by atoms with Crippen LogP contribution in [-0.4, -0.2) is 10.7 Å². The molecular formula is C11H17NO3. The van der Waals surface area contributed by atoms with Gasteiger partial charge in [-0.15, -0.1) is 10.1 Å². The van der Waals surface area contributed by atoms with Crippen molar-refractivity contribution in [3.8, 4) is 0 Å². The van der Waals surface area contributed by atoms with E-state index in [0.29, 0.717) is 23.7 Å². The van der Waals surface area contributed by atoms with Crippen molar-refractivity contribution < 1.29 is 9.92 Å². The van der Waals surface area contributed by atoms with Gasteiger partial charge in [-0.2, -0.15) is 0 Å². The van der Waals surface area contributed by atoms with Gasteiger partial charge in [0.25, 0.3) is 5.09 Å². The normalized spacial score (nSPS) is 51.8. The molecule has 4 aliphatic rings. The largest absolute Gasteiger partial charge is 0.307 e. The molecule has 3 unspecified atom stereocenters. The predicted octanol–water partition coefficient (Wildman–Crippen LogP) is 2.41. The van der Waals surface area contributed by atoms with Crippen LogP contribution in [0.3, 0.4) is 0 Å². The maximum atomic E-state index is 10.6. The summed E-state index contributed by atoms with van der Waals surface area (Å²) in [6.45, 7) is 2.14. The molecule has 0 aromatic carbocycles. The van der Waals surface area contributed by atoms with E-state index in [2.05, 4.69) is 6.92 Å². The predicted molar refractivity (Wildman–Crippen MR) is 53.5 cm³/mol. The van der Waals surface area contributed by atoms with Gasteiger partial charge in [0.1, 0.15) is 5.60 Å². The van der Waals surface area contributed by atoms with E-state index < -0.39 is 10.7 Å². The molecule has 0 heterocycles. The van der Waals surface area contributed by atoms with Crippen molar-refractivity contribution in [3.05, 3.63) is 10.1 Å². The lowest BCUT2D eigenvalue weighted by molar-refractivity contribution is -0.787. The molecule has 84 valence electrons. The monoisotopic (exact) mass is 211 g/mol. The van der Waals surface area contributed by atoms with Gasteiger partial charge in [0, 0.05) is 0 Å². The van der Waals surface area contributed by atoms with Crippen molar-refractivity contribution in [2.24, 2.45) is 23.7 Å². The first-order chi connectivity index (χ1) is 7.09. The molecule has 0 radical (unpaired) electrons. The lowest BCUT2D eigenvalue weighted by Crippen LogP contribution is -2.58. The van der Waals surface area contributed by atoms with Gasteiger partial charge in [-0.1, -0.05) is 6.92 Å². The summed E-state index contributed by atoms with van der Waals surface area (Å²) in [7, 11) is 0. The quantitative estimate of drug-likeness (QED) is 0.520. The molecule has 4 nitrogen and oxygen atoms in total. The van der Waals surface area contributed by atoms with E-state index in [1.165, 1.54) is 19.3 Å². The molecule has 15 heavy (non-hydrogen) atoms. The minimum Gasteiger partial charge on any atom is -0.307 e. The zero-order valence-electron chi connectivity index (χ0n) is 9.02. The molecule has 0 saturated heterocycles. The van der Waals surface area contributed by atoms with Crippen LogP contribution in [0.15, 0.2) is 0 Å². The van der Waals surface area contributed by atoms with Gasteiger partial charge in [0.2, 0.25) is 0 Å². The molecule has 4 saturated carbocycles. The highest BCUT2D eigenvalue weighted by molar-refractivity contribution is 5.06. The van der Waals surface area contributed by atoms with Crippen molar-refractivity contribution in [1.82, 2.24) is 0 Å². The fourth-order valence-electron chi connectivity index (χ4n) is 4.53. The standard InChI is InChI=1S/C11H17NO3/c1-7-10-3-8-2-9(4-10)6-11(7,5-8)15-12(13)14/h7-10H,2-6H2,1H3. The number of hydrogen-bond acceptors (Lipinski definition) is 3. The van der Waals surface area contributed by atoms with Crippen molar-refractivity contribution >= 4 is 0 Å². The fourth-order valence-corrected chi connectivity index (χ4v) is 4.53. The third-order valence-electron chi connectivity index (χ3n) is 5.00. The Morgan fingerprint density at radius 2 is 1.87 bits per heavy atom. The Labute approximate surface area is 89.1 Å². The summed E-state index contributed by atoms with van der Waals surface area (Å²) in [6, 6.07) is 0. The van der Waals surface area contributed by atoms with Gasteiger partial charge in [-0.3, -0.25) is 0 Å². The Hall–Kier alpha value is -0.800. The van der Waals surface area contributed by atoms with Gasteiger partial charge in [-0.05, 0) is 55.8 Å². The van der Waals surface area contributed by atoms with E-state index in [0.717, 1.165) is 12.8 Å². The third-order valence-corrected chi connectivity index (χ3v) is 5.00. The summed E-state index contributed by atoms with van der Waals surface area (Å²) >= 11 is 0. The minimum absolute atomic E-state index is 0.371. The van der Waals surface area contributed by atoms with E-state index >= 15 is 0 Å². The van der Waals surface area contributed by atoms with Crippen LogP contribution in [0.5, 0.6) is 0 Å². The van der Waals surface area contributed by atoms with E-state index in [1.807, 2.05) is 0 Å². The molecule has 0 amide bonds. The maximum Gasteiger partial charge on any atom is 0.295 e. The topological polar surface area (TPSA) is 52.4 Å². The molecule has 0 aromatic rings. The van der Waals surface area contributed by atoms with E-state index in [1.54, 1.807) is 0 Å². The van der Waals surface area contributed by atoms with Crippen LogP contribution in [-0.2, 0) is 4.84 Å². The molecule has 0 spiro atoms.